The van der Waals surface area contributed by atoms with Crippen LogP contribution in [0.3, 0.4) is 0 Å². The summed E-state index contributed by atoms with van der Waals surface area (Å²) in [5.41, 5.74) is 2.82. The highest BCUT2D eigenvalue weighted by atomic mass is 35.5. The van der Waals surface area contributed by atoms with Gasteiger partial charge < -0.3 is 5.32 Å². The van der Waals surface area contributed by atoms with Gasteiger partial charge in [-0.2, -0.15) is 0 Å². The summed E-state index contributed by atoms with van der Waals surface area (Å²) in [5.74, 6) is -0.190. The highest BCUT2D eigenvalue weighted by Crippen LogP contribution is 2.25. The minimum atomic E-state index is -0.190. The van der Waals surface area contributed by atoms with E-state index < -0.39 is 0 Å². The van der Waals surface area contributed by atoms with Crippen LogP contribution in [0, 0.1) is 12.7 Å². The first-order valence-electron chi connectivity index (χ1n) is 6.28. The molecule has 1 nitrogen and oxygen atoms in total. The van der Waals surface area contributed by atoms with Gasteiger partial charge in [0.25, 0.3) is 0 Å². The van der Waals surface area contributed by atoms with Crippen LogP contribution in [0.25, 0.3) is 0 Å². The third-order valence-corrected chi connectivity index (χ3v) is 3.61. The summed E-state index contributed by atoms with van der Waals surface area (Å²) in [5, 5.41) is 3.88. The van der Waals surface area contributed by atoms with Crippen LogP contribution in [0.5, 0.6) is 0 Å². The minimum absolute atomic E-state index is 0.0820. The van der Waals surface area contributed by atoms with E-state index in [1.54, 1.807) is 12.1 Å². The topological polar surface area (TPSA) is 12.0 Å². The average Bonchev–Trinajstić information content (AvgIpc) is 2.39. The summed E-state index contributed by atoms with van der Waals surface area (Å²) < 4.78 is 13.8. The molecule has 0 saturated heterocycles. The molecule has 0 radical (unpaired) electrons. The van der Waals surface area contributed by atoms with Crippen molar-refractivity contribution in [2.75, 3.05) is 7.05 Å². The van der Waals surface area contributed by atoms with Crippen molar-refractivity contribution in [2.24, 2.45) is 0 Å². The molecule has 100 valence electrons. The van der Waals surface area contributed by atoms with Crippen molar-refractivity contribution in [1.29, 1.82) is 0 Å². The number of hydrogen-bond acceptors (Lipinski definition) is 1. The third kappa shape index (κ3) is 3.34. The van der Waals surface area contributed by atoms with E-state index in [9.17, 15) is 4.39 Å². The van der Waals surface area contributed by atoms with Gasteiger partial charge in [-0.25, -0.2) is 4.39 Å². The Morgan fingerprint density at radius 3 is 2.58 bits per heavy atom. The van der Waals surface area contributed by atoms with Gasteiger partial charge >= 0.3 is 0 Å². The van der Waals surface area contributed by atoms with Gasteiger partial charge in [0.05, 0.1) is 0 Å². The summed E-state index contributed by atoms with van der Waals surface area (Å²) >= 11 is 6.24. The van der Waals surface area contributed by atoms with E-state index in [2.05, 4.69) is 5.32 Å². The molecule has 1 atom stereocenters. The normalized spacial score (nSPS) is 12.4. The first-order valence-corrected chi connectivity index (χ1v) is 6.66. The summed E-state index contributed by atoms with van der Waals surface area (Å²) in [6, 6.07) is 12.7. The standard InChI is InChI=1S/C16H17ClFN/c1-11-7-8-12(14(17)9-11)10-16(19-2)13-5-3-4-6-15(13)18/h3-9,16,19H,10H2,1-2H3. The maximum Gasteiger partial charge on any atom is 0.127 e. The van der Waals surface area contributed by atoms with E-state index in [1.165, 1.54) is 6.07 Å². The molecule has 3 heteroatoms. The van der Waals surface area contributed by atoms with Crippen molar-refractivity contribution in [3.8, 4) is 0 Å². The Morgan fingerprint density at radius 2 is 1.95 bits per heavy atom. The lowest BCUT2D eigenvalue weighted by Crippen LogP contribution is -2.20. The van der Waals surface area contributed by atoms with E-state index in [0.717, 1.165) is 16.1 Å². The van der Waals surface area contributed by atoms with Crippen molar-refractivity contribution in [2.45, 2.75) is 19.4 Å². The molecule has 1 unspecified atom stereocenters. The van der Waals surface area contributed by atoms with E-state index in [4.69, 9.17) is 11.6 Å². The first-order chi connectivity index (χ1) is 9.11. The maximum atomic E-state index is 13.8. The second-order valence-electron chi connectivity index (χ2n) is 4.66. The molecule has 2 aromatic carbocycles. The summed E-state index contributed by atoms with van der Waals surface area (Å²) in [6.45, 7) is 2.00. The number of rotatable bonds is 4. The van der Waals surface area contributed by atoms with Gasteiger partial charge in [-0.05, 0) is 43.7 Å². The Bertz CT molecular complexity index is 568. The van der Waals surface area contributed by atoms with Gasteiger partial charge in [-0.1, -0.05) is 41.9 Å². The van der Waals surface area contributed by atoms with Gasteiger partial charge in [0.15, 0.2) is 0 Å². The molecule has 0 aliphatic heterocycles. The lowest BCUT2D eigenvalue weighted by atomic mass is 9.98. The third-order valence-electron chi connectivity index (χ3n) is 3.26. The van der Waals surface area contributed by atoms with E-state index >= 15 is 0 Å². The predicted molar refractivity (Wildman–Crippen MR) is 78.1 cm³/mol. The Hall–Kier alpha value is -1.38. The molecule has 0 fully saturated rings. The van der Waals surface area contributed by atoms with Gasteiger partial charge in [-0.15, -0.1) is 0 Å². The smallest absolute Gasteiger partial charge is 0.127 e. The van der Waals surface area contributed by atoms with E-state index in [-0.39, 0.29) is 11.9 Å². The monoisotopic (exact) mass is 277 g/mol. The number of likely N-dealkylation sites (N-methyl/N-ethyl adjacent to an activating group) is 1. The van der Waals surface area contributed by atoms with Crippen LogP contribution in [-0.4, -0.2) is 7.05 Å². The SMILES string of the molecule is CNC(Cc1ccc(C)cc1Cl)c1ccccc1F. The van der Waals surface area contributed by atoms with Crippen molar-refractivity contribution in [3.63, 3.8) is 0 Å². The molecule has 0 heterocycles. The molecule has 0 amide bonds. The quantitative estimate of drug-likeness (QED) is 0.879. The molecule has 0 saturated carbocycles. The zero-order valence-electron chi connectivity index (χ0n) is 11.1. The molecule has 1 N–H and O–H groups in total. The van der Waals surface area contributed by atoms with Crippen molar-refractivity contribution < 1.29 is 4.39 Å². The Labute approximate surface area is 118 Å². The molecule has 2 rings (SSSR count). The maximum absolute atomic E-state index is 13.8. The van der Waals surface area contributed by atoms with Crippen LogP contribution in [0.15, 0.2) is 42.5 Å². The molecular weight excluding hydrogens is 261 g/mol. The van der Waals surface area contributed by atoms with Gasteiger partial charge in [0.1, 0.15) is 5.82 Å². The fourth-order valence-electron chi connectivity index (χ4n) is 2.16. The summed E-state index contributed by atoms with van der Waals surface area (Å²) in [4.78, 5) is 0. The van der Waals surface area contributed by atoms with Crippen LogP contribution < -0.4 is 5.32 Å². The Kier molecular flexibility index (Phi) is 4.56. The van der Waals surface area contributed by atoms with Crippen molar-refractivity contribution in [3.05, 3.63) is 70.0 Å². The van der Waals surface area contributed by atoms with Crippen LogP contribution in [0.1, 0.15) is 22.7 Å². The number of hydrogen-bond donors (Lipinski definition) is 1. The Balaban J connectivity index is 2.27. The number of aryl methyl sites for hydroxylation is 1. The minimum Gasteiger partial charge on any atom is -0.313 e. The van der Waals surface area contributed by atoms with E-state index in [0.29, 0.717) is 12.0 Å². The second-order valence-corrected chi connectivity index (χ2v) is 5.07. The number of nitrogens with one attached hydrogen (secondary N) is 1. The molecule has 2 aromatic rings. The van der Waals surface area contributed by atoms with Crippen LogP contribution >= 0.6 is 11.6 Å². The molecular formula is C16H17ClFN. The summed E-state index contributed by atoms with van der Waals surface area (Å²) in [7, 11) is 1.83. The molecule has 0 aliphatic carbocycles. The molecule has 0 aliphatic rings. The van der Waals surface area contributed by atoms with Crippen LogP contribution in [0.2, 0.25) is 5.02 Å². The molecule has 0 bridgehead atoms. The molecule has 19 heavy (non-hydrogen) atoms. The zero-order chi connectivity index (χ0) is 13.8. The zero-order valence-corrected chi connectivity index (χ0v) is 11.8. The van der Waals surface area contributed by atoms with Gasteiger partial charge in [-0.3, -0.25) is 0 Å². The lowest BCUT2D eigenvalue weighted by Gasteiger charge is -2.18. The van der Waals surface area contributed by atoms with Gasteiger partial charge in [0, 0.05) is 16.6 Å². The van der Waals surface area contributed by atoms with Gasteiger partial charge in [0.2, 0.25) is 0 Å². The first kappa shape index (κ1) is 14.0. The molecule has 0 aromatic heterocycles. The van der Waals surface area contributed by atoms with E-state index in [1.807, 2.05) is 38.2 Å². The second kappa shape index (κ2) is 6.18. The largest absolute Gasteiger partial charge is 0.313 e. The number of halogens is 2. The van der Waals surface area contributed by atoms with Crippen LogP contribution in [0.4, 0.5) is 4.39 Å². The fourth-order valence-corrected chi connectivity index (χ4v) is 2.48. The van der Waals surface area contributed by atoms with Crippen LogP contribution in [-0.2, 0) is 6.42 Å². The van der Waals surface area contributed by atoms with Crippen molar-refractivity contribution >= 4 is 11.6 Å². The average molecular weight is 278 g/mol. The summed E-state index contributed by atoms with van der Waals surface area (Å²) in [6.07, 6.45) is 0.663. The molecule has 0 spiro atoms. The number of benzene rings is 2. The highest BCUT2D eigenvalue weighted by Gasteiger charge is 2.15. The van der Waals surface area contributed by atoms with Crippen molar-refractivity contribution in [1.82, 2.24) is 5.32 Å². The predicted octanol–water partition coefficient (Wildman–Crippen LogP) is 4.29. The fraction of sp³-hybridized carbons (Fsp3) is 0.250. The highest BCUT2D eigenvalue weighted by molar-refractivity contribution is 6.31. The Morgan fingerprint density at radius 1 is 1.21 bits per heavy atom. The lowest BCUT2D eigenvalue weighted by molar-refractivity contribution is 0.534.